The summed E-state index contributed by atoms with van der Waals surface area (Å²) in [6.07, 6.45) is 0. The number of fused-ring (bicyclic) bond motifs is 1. The average Bonchev–Trinajstić information content (AvgIpc) is 2.73. The second-order valence-corrected chi connectivity index (χ2v) is 5.39. The van der Waals surface area contributed by atoms with E-state index in [-0.39, 0.29) is 5.56 Å². The molecule has 3 rings (SSSR count). The van der Waals surface area contributed by atoms with Crippen molar-refractivity contribution in [3.8, 4) is 5.75 Å². The highest BCUT2D eigenvalue weighted by Crippen LogP contribution is 2.37. The summed E-state index contributed by atoms with van der Waals surface area (Å²) in [5.41, 5.74) is 7.11. The van der Waals surface area contributed by atoms with Crippen LogP contribution in [0.15, 0.2) is 40.9 Å². The number of hydrogen-bond acceptors (Lipinski definition) is 4. The molecule has 106 valence electrons. The van der Waals surface area contributed by atoms with Crippen LogP contribution in [0, 0.1) is 0 Å². The van der Waals surface area contributed by atoms with Crippen molar-refractivity contribution < 1.29 is 14.3 Å². The zero-order valence-electron chi connectivity index (χ0n) is 11.1. The molecule has 0 atom stereocenters. The molecule has 1 heterocycles. The summed E-state index contributed by atoms with van der Waals surface area (Å²) in [6, 6.07) is 9.95. The van der Waals surface area contributed by atoms with Crippen LogP contribution >= 0.6 is 15.9 Å². The molecular weight excluding hydrogens is 336 g/mol. The highest BCUT2D eigenvalue weighted by molar-refractivity contribution is 9.10. The molecule has 0 unspecified atom stereocenters. The zero-order valence-corrected chi connectivity index (χ0v) is 12.7. The lowest BCUT2D eigenvalue weighted by Gasteiger charge is -2.16. The summed E-state index contributed by atoms with van der Waals surface area (Å²) < 4.78 is 5.77. The Bertz CT molecular complexity index is 774. The van der Waals surface area contributed by atoms with Crippen LogP contribution in [-0.2, 0) is 0 Å². The maximum absolute atomic E-state index is 12.5. The lowest BCUT2D eigenvalue weighted by Crippen LogP contribution is -2.29. The first-order chi connectivity index (χ1) is 10.0. The monoisotopic (exact) mass is 346 g/mol. The molecule has 0 fully saturated rings. The summed E-state index contributed by atoms with van der Waals surface area (Å²) in [5.74, 6) is -0.268. The van der Waals surface area contributed by atoms with Crippen LogP contribution in [-0.4, -0.2) is 18.9 Å². The van der Waals surface area contributed by atoms with Crippen molar-refractivity contribution >= 4 is 39.1 Å². The summed E-state index contributed by atoms with van der Waals surface area (Å²) in [6.45, 7) is 0. The fraction of sp³-hybridized carbons (Fsp3) is 0.0667. The molecule has 1 aliphatic heterocycles. The molecule has 5 nitrogen and oxygen atoms in total. The van der Waals surface area contributed by atoms with Crippen molar-refractivity contribution in [1.82, 2.24) is 0 Å². The van der Waals surface area contributed by atoms with Crippen LogP contribution in [0.1, 0.15) is 20.7 Å². The third kappa shape index (κ3) is 1.99. The molecule has 2 aromatic carbocycles. The average molecular weight is 347 g/mol. The van der Waals surface area contributed by atoms with Gasteiger partial charge in [-0.3, -0.25) is 9.59 Å². The fourth-order valence-corrected chi connectivity index (χ4v) is 2.75. The predicted molar refractivity (Wildman–Crippen MR) is 82.7 cm³/mol. The van der Waals surface area contributed by atoms with Gasteiger partial charge in [-0.2, -0.15) is 0 Å². The van der Waals surface area contributed by atoms with Gasteiger partial charge in [0.05, 0.1) is 23.9 Å². The van der Waals surface area contributed by atoms with Crippen molar-refractivity contribution in [2.75, 3.05) is 17.7 Å². The van der Waals surface area contributed by atoms with Crippen LogP contribution < -0.4 is 15.4 Å². The van der Waals surface area contributed by atoms with E-state index in [1.54, 1.807) is 36.4 Å². The molecule has 2 N–H and O–H groups in total. The minimum absolute atomic E-state index is 0.247. The Morgan fingerprint density at radius 3 is 2.57 bits per heavy atom. The Morgan fingerprint density at radius 2 is 1.90 bits per heavy atom. The van der Waals surface area contributed by atoms with Crippen LogP contribution in [0.5, 0.6) is 5.75 Å². The van der Waals surface area contributed by atoms with Gasteiger partial charge in [0.1, 0.15) is 5.75 Å². The summed E-state index contributed by atoms with van der Waals surface area (Å²) >= 11 is 3.36. The number of nitrogen functional groups attached to an aromatic ring is 1. The quantitative estimate of drug-likeness (QED) is 0.670. The largest absolute Gasteiger partial charge is 0.497 e. The van der Waals surface area contributed by atoms with Crippen molar-refractivity contribution in [2.45, 2.75) is 0 Å². The number of anilines is 2. The summed E-state index contributed by atoms with van der Waals surface area (Å²) in [4.78, 5) is 26.1. The second kappa shape index (κ2) is 4.89. The van der Waals surface area contributed by atoms with Gasteiger partial charge < -0.3 is 10.5 Å². The van der Waals surface area contributed by atoms with E-state index in [1.165, 1.54) is 7.11 Å². The normalized spacial score (nSPS) is 13.5. The fourth-order valence-electron chi connectivity index (χ4n) is 2.32. The first kappa shape index (κ1) is 13.6. The van der Waals surface area contributed by atoms with Gasteiger partial charge in [-0.25, -0.2) is 4.90 Å². The van der Waals surface area contributed by atoms with E-state index in [2.05, 4.69) is 15.9 Å². The van der Waals surface area contributed by atoms with Gasteiger partial charge in [-0.1, -0.05) is 6.07 Å². The molecule has 0 saturated heterocycles. The Labute approximate surface area is 129 Å². The minimum Gasteiger partial charge on any atom is -0.497 e. The Morgan fingerprint density at radius 1 is 1.14 bits per heavy atom. The van der Waals surface area contributed by atoms with E-state index < -0.39 is 11.8 Å². The van der Waals surface area contributed by atoms with E-state index in [0.29, 0.717) is 27.2 Å². The summed E-state index contributed by atoms with van der Waals surface area (Å²) in [5, 5.41) is 0. The van der Waals surface area contributed by atoms with Gasteiger partial charge in [0, 0.05) is 16.2 Å². The van der Waals surface area contributed by atoms with E-state index in [1.807, 2.05) is 0 Å². The Balaban J connectivity index is 2.16. The smallest absolute Gasteiger partial charge is 0.268 e. The lowest BCUT2D eigenvalue weighted by atomic mass is 10.1. The molecule has 21 heavy (non-hydrogen) atoms. The maximum Gasteiger partial charge on any atom is 0.268 e. The summed E-state index contributed by atoms with van der Waals surface area (Å²) in [7, 11) is 1.52. The SMILES string of the molecule is COc1ccc(Br)c(N2C(=O)c3cccc(N)c3C2=O)c1. The number of nitrogens with zero attached hydrogens (tertiary/aromatic N) is 1. The molecule has 1 aliphatic rings. The molecule has 0 spiro atoms. The van der Waals surface area contributed by atoms with Gasteiger partial charge in [-0.05, 0) is 40.2 Å². The molecule has 0 aliphatic carbocycles. The number of hydrogen-bond donors (Lipinski definition) is 1. The van der Waals surface area contributed by atoms with Crippen molar-refractivity contribution in [3.05, 3.63) is 52.0 Å². The number of carbonyl (C=O) groups is 2. The Hall–Kier alpha value is -2.34. The highest BCUT2D eigenvalue weighted by Gasteiger charge is 2.39. The van der Waals surface area contributed by atoms with Gasteiger partial charge in [0.15, 0.2) is 0 Å². The van der Waals surface area contributed by atoms with Gasteiger partial charge in [-0.15, -0.1) is 0 Å². The van der Waals surface area contributed by atoms with E-state index in [4.69, 9.17) is 10.5 Å². The molecule has 2 amide bonds. The van der Waals surface area contributed by atoms with Crippen molar-refractivity contribution in [1.29, 1.82) is 0 Å². The molecule has 0 saturated carbocycles. The van der Waals surface area contributed by atoms with Crippen molar-refractivity contribution in [3.63, 3.8) is 0 Å². The molecular formula is C15H11BrN2O3. The van der Waals surface area contributed by atoms with Crippen LogP contribution in [0.25, 0.3) is 0 Å². The third-order valence-corrected chi connectivity index (χ3v) is 4.01. The number of methoxy groups -OCH3 is 1. The van der Waals surface area contributed by atoms with Crippen molar-refractivity contribution in [2.24, 2.45) is 0 Å². The van der Waals surface area contributed by atoms with Crippen LogP contribution in [0.3, 0.4) is 0 Å². The zero-order chi connectivity index (χ0) is 15.1. The number of nitrogens with two attached hydrogens (primary N) is 1. The molecule has 0 aromatic heterocycles. The maximum atomic E-state index is 12.5. The molecule has 2 aromatic rings. The Kier molecular flexibility index (Phi) is 3.17. The van der Waals surface area contributed by atoms with E-state index in [9.17, 15) is 9.59 Å². The molecule has 0 radical (unpaired) electrons. The number of amides is 2. The lowest BCUT2D eigenvalue weighted by molar-refractivity contribution is 0.0926. The van der Waals surface area contributed by atoms with Crippen LogP contribution in [0.4, 0.5) is 11.4 Å². The number of rotatable bonds is 2. The number of carbonyl (C=O) groups excluding carboxylic acids is 2. The first-order valence-corrected chi connectivity index (χ1v) is 6.94. The van der Waals surface area contributed by atoms with E-state index in [0.717, 1.165) is 4.90 Å². The predicted octanol–water partition coefficient (Wildman–Crippen LogP) is 2.84. The van der Waals surface area contributed by atoms with Crippen LogP contribution in [0.2, 0.25) is 0 Å². The van der Waals surface area contributed by atoms with Gasteiger partial charge >= 0.3 is 0 Å². The molecule has 0 bridgehead atoms. The topological polar surface area (TPSA) is 72.6 Å². The standard InChI is InChI=1S/C15H11BrN2O3/c1-21-8-5-6-10(16)12(7-8)18-14(19)9-3-2-4-11(17)13(9)15(18)20/h2-7H,17H2,1H3. The number of imide groups is 1. The van der Waals surface area contributed by atoms with Gasteiger partial charge in [0.2, 0.25) is 0 Å². The third-order valence-electron chi connectivity index (χ3n) is 3.34. The number of ether oxygens (including phenoxy) is 1. The van der Waals surface area contributed by atoms with Gasteiger partial charge in [0.25, 0.3) is 11.8 Å². The van der Waals surface area contributed by atoms with E-state index >= 15 is 0 Å². The molecule has 6 heteroatoms. The minimum atomic E-state index is -0.429. The second-order valence-electron chi connectivity index (χ2n) is 4.53. The number of benzene rings is 2. The highest BCUT2D eigenvalue weighted by atomic mass is 79.9. The first-order valence-electron chi connectivity index (χ1n) is 6.15. The number of halogens is 1.